The van der Waals surface area contributed by atoms with E-state index in [0.29, 0.717) is 0 Å². The summed E-state index contributed by atoms with van der Waals surface area (Å²) in [6.45, 7) is 0.918. The van der Waals surface area contributed by atoms with Gasteiger partial charge < -0.3 is 30.3 Å². The average Bonchev–Trinajstić information content (AvgIpc) is 2.14. The van der Waals surface area contributed by atoms with Gasteiger partial charge >= 0.3 is 0 Å². The maximum absolute atomic E-state index is 9.41. The number of aliphatic hydroxyl groups is 5. The first kappa shape index (κ1) is 11.8. The first-order valence-corrected chi connectivity index (χ1v) is 4.47. The molecule has 0 amide bonds. The molecule has 1 rings (SSSR count). The maximum atomic E-state index is 9.41. The largest absolute Gasteiger partial charge is 0.394 e. The second kappa shape index (κ2) is 4.52. The van der Waals surface area contributed by atoms with Gasteiger partial charge in [-0.15, -0.1) is 0 Å². The van der Waals surface area contributed by atoms with Gasteiger partial charge in [0.05, 0.1) is 12.7 Å². The standard InChI is InChI=1S/C8H16O6/c1-3(10)8-7(13)6(12)5(11)4(2-9)14-8/h3-13H,2H2,1H3/t3?,4-,5+,6+,7-,8?/m1/s1. The van der Waals surface area contributed by atoms with Crippen molar-refractivity contribution in [3.8, 4) is 0 Å². The molecular formula is C8H16O6. The molecular weight excluding hydrogens is 192 g/mol. The van der Waals surface area contributed by atoms with Crippen LogP contribution in [0.2, 0.25) is 0 Å². The quantitative estimate of drug-likeness (QED) is 0.335. The van der Waals surface area contributed by atoms with E-state index >= 15 is 0 Å². The smallest absolute Gasteiger partial charge is 0.112 e. The first-order chi connectivity index (χ1) is 6.49. The van der Waals surface area contributed by atoms with E-state index in [2.05, 4.69) is 0 Å². The molecule has 84 valence electrons. The van der Waals surface area contributed by atoms with Gasteiger partial charge in [-0.2, -0.15) is 0 Å². The molecule has 1 fully saturated rings. The Kier molecular flexibility index (Phi) is 3.82. The van der Waals surface area contributed by atoms with E-state index in [0.717, 1.165) is 0 Å². The molecule has 0 bridgehead atoms. The fourth-order valence-electron chi connectivity index (χ4n) is 1.53. The lowest BCUT2D eigenvalue weighted by molar-refractivity contribution is -0.246. The van der Waals surface area contributed by atoms with Gasteiger partial charge in [0.25, 0.3) is 0 Å². The Morgan fingerprint density at radius 3 is 2.14 bits per heavy atom. The van der Waals surface area contributed by atoms with Crippen molar-refractivity contribution in [3.63, 3.8) is 0 Å². The monoisotopic (exact) mass is 208 g/mol. The van der Waals surface area contributed by atoms with Crippen LogP contribution in [0.15, 0.2) is 0 Å². The van der Waals surface area contributed by atoms with Gasteiger partial charge in [-0.25, -0.2) is 0 Å². The normalized spacial score (nSPS) is 46.3. The molecule has 1 heterocycles. The molecule has 0 aliphatic carbocycles. The summed E-state index contributed by atoms with van der Waals surface area (Å²) < 4.78 is 5.03. The van der Waals surface area contributed by atoms with Gasteiger partial charge in [0.1, 0.15) is 30.5 Å². The lowest BCUT2D eigenvalue weighted by atomic mass is 9.93. The molecule has 6 nitrogen and oxygen atoms in total. The number of ether oxygens (including phenoxy) is 1. The summed E-state index contributed by atoms with van der Waals surface area (Å²) in [6, 6.07) is 0. The van der Waals surface area contributed by atoms with Crippen LogP contribution in [0.5, 0.6) is 0 Å². The van der Waals surface area contributed by atoms with Crippen LogP contribution in [-0.2, 0) is 4.74 Å². The Morgan fingerprint density at radius 1 is 1.14 bits per heavy atom. The van der Waals surface area contributed by atoms with Crippen molar-refractivity contribution in [2.75, 3.05) is 6.61 Å². The summed E-state index contributed by atoms with van der Waals surface area (Å²) >= 11 is 0. The van der Waals surface area contributed by atoms with Crippen LogP contribution in [0.1, 0.15) is 6.92 Å². The molecule has 0 aromatic rings. The first-order valence-electron chi connectivity index (χ1n) is 4.47. The predicted octanol–water partition coefficient (Wildman–Crippen LogP) is -2.79. The minimum Gasteiger partial charge on any atom is -0.394 e. The van der Waals surface area contributed by atoms with Gasteiger partial charge in [-0.05, 0) is 6.92 Å². The lowest BCUT2D eigenvalue weighted by Crippen LogP contribution is -2.61. The molecule has 1 aliphatic heterocycles. The topological polar surface area (TPSA) is 110 Å². The van der Waals surface area contributed by atoms with Crippen LogP contribution in [0.25, 0.3) is 0 Å². The number of aliphatic hydroxyl groups excluding tert-OH is 5. The van der Waals surface area contributed by atoms with Gasteiger partial charge in [-0.1, -0.05) is 0 Å². The second-order valence-corrected chi connectivity index (χ2v) is 3.53. The molecule has 2 unspecified atom stereocenters. The van der Waals surface area contributed by atoms with Crippen molar-refractivity contribution in [2.45, 2.75) is 43.5 Å². The highest BCUT2D eigenvalue weighted by Crippen LogP contribution is 2.22. The Bertz CT molecular complexity index is 183. The molecule has 0 spiro atoms. The number of hydrogen-bond donors (Lipinski definition) is 5. The van der Waals surface area contributed by atoms with E-state index in [1.165, 1.54) is 6.92 Å². The van der Waals surface area contributed by atoms with Crippen molar-refractivity contribution in [1.82, 2.24) is 0 Å². The average molecular weight is 208 g/mol. The lowest BCUT2D eigenvalue weighted by Gasteiger charge is -2.41. The molecule has 6 heteroatoms. The van der Waals surface area contributed by atoms with Crippen LogP contribution in [-0.4, -0.2) is 68.8 Å². The zero-order valence-electron chi connectivity index (χ0n) is 7.82. The van der Waals surface area contributed by atoms with Crippen molar-refractivity contribution < 1.29 is 30.3 Å². The molecule has 1 aliphatic rings. The Hall–Kier alpha value is -0.240. The molecule has 0 radical (unpaired) electrons. The third kappa shape index (κ3) is 2.05. The predicted molar refractivity (Wildman–Crippen MR) is 45.4 cm³/mol. The van der Waals surface area contributed by atoms with E-state index in [4.69, 9.17) is 9.84 Å². The Labute approximate surface area is 81.4 Å². The van der Waals surface area contributed by atoms with Crippen molar-refractivity contribution >= 4 is 0 Å². The highest BCUT2D eigenvalue weighted by Gasteiger charge is 2.44. The number of rotatable bonds is 2. The molecule has 0 saturated carbocycles. The van der Waals surface area contributed by atoms with E-state index < -0.39 is 43.2 Å². The van der Waals surface area contributed by atoms with Crippen LogP contribution in [0.4, 0.5) is 0 Å². The second-order valence-electron chi connectivity index (χ2n) is 3.53. The van der Waals surface area contributed by atoms with Crippen LogP contribution < -0.4 is 0 Å². The van der Waals surface area contributed by atoms with Gasteiger partial charge in [0.2, 0.25) is 0 Å². The van der Waals surface area contributed by atoms with Gasteiger partial charge in [0, 0.05) is 0 Å². The van der Waals surface area contributed by atoms with Crippen LogP contribution in [0, 0.1) is 0 Å². The number of hydrogen-bond acceptors (Lipinski definition) is 6. The summed E-state index contributed by atoms with van der Waals surface area (Å²) in [4.78, 5) is 0. The summed E-state index contributed by atoms with van der Waals surface area (Å²) in [5.41, 5.74) is 0. The molecule has 0 aromatic heterocycles. The van der Waals surface area contributed by atoms with Gasteiger partial charge in [0.15, 0.2) is 0 Å². The maximum Gasteiger partial charge on any atom is 0.112 e. The van der Waals surface area contributed by atoms with E-state index in [9.17, 15) is 20.4 Å². The fourth-order valence-corrected chi connectivity index (χ4v) is 1.53. The van der Waals surface area contributed by atoms with E-state index in [-0.39, 0.29) is 0 Å². The minimum absolute atomic E-state index is 0.478. The fraction of sp³-hybridized carbons (Fsp3) is 1.00. The molecule has 5 N–H and O–H groups in total. The Balaban J connectivity index is 2.73. The molecule has 1 saturated heterocycles. The Morgan fingerprint density at radius 2 is 1.71 bits per heavy atom. The summed E-state index contributed by atoms with van der Waals surface area (Å²) in [7, 11) is 0. The molecule has 6 atom stereocenters. The highest BCUT2D eigenvalue weighted by molar-refractivity contribution is 4.93. The minimum atomic E-state index is -1.42. The van der Waals surface area contributed by atoms with Crippen LogP contribution in [0.3, 0.4) is 0 Å². The van der Waals surface area contributed by atoms with Crippen LogP contribution >= 0.6 is 0 Å². The zero-order valence-corrected chi connectivity index (χ0v) is 7.82. The molecule has 0 aromatic carbocycles. The third-order valence-corrected chi connectivity index (χ3v) is 2.40. The zero-order chi connectivity index (χ0) is 10.9. The van der Waals surface area contributed by atoms with Crippen molar-refractivity contribution in [1.29, 1.82) is 0 Å². The summed E-state index contributed by atoms with van der Waals surface area (Å²) in [6.07, 6.45) is -7.07. The van der Waals surface area contributed by atoms with Gasteiger partial charge in [-0.3, -0.25) is 0 Å². The molecule has 14 heavy (non-hydrogen) atoms. The van der Waals surface area contributed by atoms with Crippen molar-refractivity contribution in [3.05, 3.63) is 0 Å². The van der Waals surface area contributed by atoms with Crippen molar-refractivity contribution in [2.24, 2.45) is 0 Å². The van der Waals surface area contributed by atoms with E-state index in [1.54, 1.807) is 0 Å². The van der Waals surface area contributed by atoms with E-state index in [1.807, 2.05) is 0 Å². The summed E-state index contributed by atoms with van der Waals surface area (Å²) in [5, 5.41) is 46.1. The highest BCUT2D eigenvalue weighted by atomic mass is 16.6. The SMILES string of the molecule is CC(O)C1O[C@H](CO)[C@H](O)[C@H](O)[C@H]1O. The summed E-state index contributed by atoms with van der Waals surface area (Å²) in [5.74, 6) is 0. The third-order valence-electron chi connectivity index (χ3n) is 2.40.